The number of aliphatic hydroxyl groups excluding tert-OH is 1. The Bertz CT molecular complexity index is 563. The highest BCUT2D eigenvalue weighted by Crippen LogP contribution is 2.53. The molecule has 4 aliphatic rings. The van der Waals surface area contributed by atoms with Gasteiger partial charge < -0.3 is 16.2 Å². The van der Waals surface area contributed by atoms with Crippen molar-refractivity contribution in [2.45, 2.75) is 63.5 Å². The highest BCUT2D eigenvalue weighted by Gasteiger charge is 2.55. The van der Waals surface area contributed by atoms with Crippen LogP contribution >= 0.6 is 0 Å². The van der Waals surface area contributed by atoms with Gasteiger partial charge in [-0.05, 0) is 49.6 Å². The van der Waals surface area contributed by atoms with E-state index in [0.29, 0.717) is 17.8 Å². The van der Waals surface area contributed by atoms with Crippen LogP contribution in [0.15, 0.2) is 36.6 Å². The molecule has 27 heavy (non-hydrogen) atoms. The third kappa shape index (κ3) is 4.32. The van der Waals surface area contributed by atoms with Crippen LogP contribution in [0.1, 0.15) is 39.0 Å². The van der Waals surface area contributed by atoms with Gasteiger partial charge in [0.15, 0.2) is 0 Å². The van der Waals surface area contributed by atoms with E-state index in [4.69, 9.17) is 0 Å². The van der Waals surface area contributed by atoms with Crippen LogP contribution in [0, 0.1) is 29.6 Å². The fraction of sp³-hybridized carbons (Fsp3) is 0.727. The number of hydrogen-bond donors (Lipinski definition) is 5. The second-order valence-corrected chi connectivity index (χ2v) is 9.11. The molecule has 0 saturated heterocycles. The molecule has 150 valence electrons. The summed E-state index contributed by atoms with van der Waals surface area (Å²) < 4.78 is 0. The van der Waals surface area contributed by atoms with Gasteiger partial charge in [-0.25, -0.2) is 0 Å². The second-order valence-electron chi connectivity index (χ2n) is 9.11. The van der Waals surface area contributed by atoms with Crippen LogP contribution in [0.2, 0.25) is 0 Å². The average molecular weight is 374 g/mol. The van der Waals surface area contributed by atoms with Gasteiger partial charge in [0.05, 0.1) is 18.1 Å². The number of nitrogens with one attached hydrogen (secondary N) is 3. The van der Waals surface area contributed by atoms with Crippen LogP contribution in [0.25, 0.3) is 0 Å². The Hall–Kier alpha value is -1.14. The highest BCUT2D eigenvalue weighted by atomic mass is 16.3. The van der Waals surface area contributed by atoms with E-state index >= 15 is 0 Å². The van der Waals surface area contributed by atoms with Crippen LogP contribution in [0.4, 0.5) is 0 Å². The summed E-state index contributed by atoms with van der Waals surface area (Å²) >= 11 is 0. The predicted molar refractivity (Wildman–Crippen MR) is 108 cm³/mol. The summed E-state index contributed by atoms with van der Waals surface area (Å²) in [6, 6.07) is 0.308. The van der Waals surface area contributed by atoms with E-state index in [0.717, 1.165) is 12.5 Å². The van der Waals surface area contributed by atoms with Crippen LogP contribution in [-0.4, -0.2) is 36.1 Å². The Kier molecular flexibility index (Phi) is 6.02. The molecule has 1 heterocycles. The fourth-order valence-corrected chi connectivity index (χ4v) is 5.48. The summed E-state index contributed by atoms with van der Waals surface area (Å²) in [7, 11) is 0. The third-order valence-corrected chi connectivity index (χ3v) is 7.09. The SMILES string of the molecule is CC([NH3+])C(C1C=CNC(NCC2CCCCC2)N1)C(O)C1C2C=CC=CC21. The first-order valence-electron chi connectivity index (χ1n) is 10.9. The zero-order chi connectivity index (χ0) is 18.8. The second kappa shape index (κ2) is 8.48. The van der Waals surface area contributed by atoms with Crippen molar-refractivity contribution in [2.24, 2.45) is 29.6 Å². The molecule has 5 heteroatoms. The Morgan fingerprint density at radius 1 is 1.11 bits per heavy atom. The number of rotatable bonds is 7. The molecule has 7 atom stereocenters. The van der Waals surface area contributed by atoms with E-state index in [2.05, 4.69) is 59.0 Å². The van der Waals surface area contributed by atoms with Crippen molar-refractivity contribution in [2.75, 3.05) is 6.54 Å². The maximum atomic E-state index is 11.2. The molecular weight excluding hydrogens is 336 g/mol. The lowest BCUT2D eigenvalue weighted by Crippen LogP contribution is -2.70. The minimum absolute atomic E-state index is 0.0663. The largest absolute Gasteiger partial charge is 0.392 e. The summed E-state index contributed by atoms with van der Waals surface area (Å²) in [6.45, 7) is 3.19. The van der Waals surface area contributed by atoms with Gasteiger partial charge in [-0.15, -0.1) is 0 Å². The predicted octanol–water partition coefficient (Wildman–Crippen LogP) is 1.11. The lowest BCUT2D eigenvalue weighted by molar-refractivity contribution is -0.433. The highest BCUT2D eigenvalue weighted by molar-refractivity contribution is 5.27. The molecule has 0 spiro atoms. The van der Waals surface area contributed by atoms with E-state index in [1.165, 1.54) is 32.1 Å². The molecule has 0 amide bonds. The molecule has 3 aliphatic carbocycles. The van der Waals surface area contributed by atoms with Gasteiger partial charge >= 0.3 is 0 Å². The Morgan fingerprint density at radius 3 is 2.48 bits per heavy atom. The molecule has 7 unspecified atom stereocenters. The average Bonchev–Trinajstić information content (AvgIpc) is 3.42. The lowest BCUT2D eigenvalue weighted by atomic mass is 9.84. The van der Waals surface area contributed by atoms with Gasteiger partial charge in [-0.1, -0.05) is 49.6 Å². The third-order valence-electron chi connectivity index (χ3n) is 7.09. The van der Waals surface area contributed by atoms with E-state index < -0.39 is 0 Å². The molecule has 2 fully saturated rings. The first kappa shape index (κ1) is 19.2. The number of aliphatic hydroxyl groups is 1. The van der Waals surface area contributed by atoms with Crippen molar-refractivity contribution < 1.29 is 10.8 Å². The summed E-state index contributed by atoms with van der Waals surface area (Å²) in [6.07, 6.45) is 19.5. The normalized spacial score (nSPS) is 38.7. The first-order chi connectivity index (χ1) is 13.1. The van der Waals surface area contributed by atoms with Gasteiger partial charge in [0.25, 0.3) is 0 Å². The maximum Gasteiger partial charge on any atom is 0.132 e. The summed E-state index contributed by atoms with van der Waals surface area (Å²) in [5.41, 5.74) is 4.30. The number of hydrogen-bond acceptors (Lipinski definition) is 4. The summed E-state index contributed by atoms with van der Waals surface area (Å²) in [5.74, 6) is 2.27. The van der Waals surface area contributed by atoms with Crippen molar-refractivity contribution in [3.8, 4) is 0 Å². The van der Waals surface area contributed by atoms with Gasteiger partial charge in [-0.3, -0.25) is 10.6 Å². The van der Waals surface area contributed by atoms with Gasteiger partial charge in [0.2, 0.25) is 0 Å². The van der Waals surface area contributed by atoms with Crippen molar-refractivity contribution in [3.63, 3.8) is 0 Å². The van der Waals surface area contributed by atoms with Gasteiger partial charge in [0.1, 0.15) is 6.29 Å². The molecular formula is C22H37N4O+. The smallest absolute Gasteiger partial charge is 0.132 e. The molecule has 2 saturated carbocycles. The zero-order valence-corrected chi connectivity index (χ0v) is 16.6. The van der Waals surface area contributed by atoms with E-state index in [1.54, 1.807) is 0 Å². The molecule has 5 nitrogen and oxygen atoms in total. The molecule has 0 aromatic rings. The number of quaternary nitrogens is 1. The standard InChI is InChI=1S/C22H36N4O/c1-14(23)19(21(27)20-16-9-5-6-10-17(16)20)18-11-12-24-22(26-18)25-13-15-7-3-2-4-8-15/h5-6,9-12,14-22,24-27H,2-4,7-8,13,23H2,1H3/p+1. The van der Waals surface area contributed by atoms with E-state index in [1.807, 2.05) is 6.20 Å². The van der Waals surface area contributed by atoms with Gasteiger partial charge in [-0.2, -0.15) is 0 Å². The summed E-state index contributed by atoms with van der Waals surface area (Å²) in [5, 5.41) is 21.9. The van der Waals surface area contributed by atoms with E-state index in [-0.39, 0.29) is 30.4 Å². The molecule has 0 bridgehead atoms. The van der Waals surface area contributed by atoms with Crippen molar-refractivity contribution >= 4 is 0 Å². The lowest BCUT2D eigenvalue weighted by Gasteiger charge is -2.37. The molecule has 7 N–H and O–H groups in total. The minimum atomic E-state index is -0.334. The summed E-state index contributed by atoms with van der Waals surface area (Å²) in [4.78, 5) is 0. The Morgan fingerprint density at radius 2 is 1.81 bits per heavy atom. The monoisotopic (exact) mass is 373 g/mol. The molecule has 0 radical (unpaired) electrons. The van der Waals surface area contributed by atoms with Crippen molar-refractivity contribution in [1.29, 1.82) is 0 Å². The van der Waals surface area contributed by atoms with Crippen LogP contribution in [0.5, 0.6) is 0 Å². The number of allylic oxidation sites excluding steroid dienone is 4. The van der Waals surface area contributed by atoms with E-state index in [9.17, 15) is 5.11 Å². The molecule has 4 rings (SSSR count). The van der Waals surface area contributed by atoms with Crippen molar-refractivity contribution in [1.82, 2.24) is 16.0 Å². The quantitative estimate of drug-likeness (QED) is 0.463. The van der Waals surface area contributed by atoms with Gasteiger partial charge in [0, 0.05) is 12.6 Å². The van der Waals surface area contributed by atoms with Crippen LogP contribution < -0.4 is 21.7 Å². The first-order valence-corrected chi connectivity index (χ1v) is 10.9. The molecule has 1 aliphatic heterocycles. The fourth-order valence-electron chi connectivity index (χ4n) is 5.48. The molecule has 0 aromatic heterocycles. The zero-order valence-electron chi connectivity index (χ0n) is 16.6. The minimum Gasteiger partial charge on any atom is -0.392 e. The Labute approximate surface area is 163 Å². The van der Waals surface area contributed by atoms with Crippen molar-refractivity contribution in [3.05, 3.63) is 36.6 Å². The Balaban J connectivity index is 1.34. The van der Waals surface area contributed by atoms with Crippen LogP contribution in [-0.2, 0) is 0 Å². The molecule has 0 aromatic carbocycles. The maximum absolute atomic E-state index is 11.2. The number of fused-ring (bicyclic) bond motifs is 1. The topological polar surface area (TPSA) is 84.0 Å². The van der Waals surface area contributed by atoms with Crippen LogP contribution in [0.3, 0.4) is 0 Å².